The fourth-order valence-electron chi connectivity index (χ4n) is 2.74. The Kier molecular flexibility index (Phi) is 5.98. The Hall–Kier alpha value is -2.16. The van der Waals surface area contributed by atoms with E-state index < -0.39 is 0 Å². The number of halogens is 1. The van der Waals surface area contributed by atoms with Gasteiger partial charge in [0.25, 0.3) is 5.91 Å². The molecule has 7 nitrogen and oxygen atoms in total. The molecule has 0 bridgehead atoms. The number of carbonyl (C=O) groups is 1. The zero-order valence-corrected chi connectivity index (χ0v) is 17.3. The number of hydrogen-bond donors (Lipinski definition) is 0. The van der Waals surface area contributed by atoms with Gasteiger partial charge in [0.1, 0.15) is 5.56 Å². The van der Waals surface area contributed by atoms with Crippen LogP contribution in [0.3, 0.4) is 0 Å². The fourth-order valence-corrected chi connectivity index (χ4v) is 4.01. The summed E-state index contributed by atoms with van der Waals surface area (Å²) in [5, 5.41) is 5.48. The molecule has 2 aromatic heterocycles. The van der Waals surface area contributed by atoms with E-state index >= 15 is 0 Å². The Morgan fingerprint density at radius 2 is 2.11 bits per heavy atom. The molecule has 0 spiro atoms. The fraction of sp³-hybridized carbons (Fsp3) is 0.389. The van der Waals surface area contributed by atoms with E-state index in [2.05, 4.69) is 15.0 Å². The van der Waals surface area contributed by atoms with Crippen molar-refractivity contribution in [3.63, 3.8) is 0 Å². The second-order valence-electron chi connectivity index (χ2n) is 6.45. The van der Waals surface area contributed by atoms with Crippen molar-refractivity contribution in [1.29, 1.82) is 0 Å². The molecular weight excluding hydrogens is 386 g/mol. The first-order valence-electron chi connectivity index (χ1n) is 8.49. The highest BCUT2D eigenvalue weighted by Gasteiger charge is 2.26. The number of thiazole rings is 1. The summed E-state index contributed by atoms with van der Waals surface area (Å²) < 4.78 is 7.79. The molecule has 3 aromatic rings. The van der Waals surface area contributed by atoms with Crippen molar-refractivity contribution in [3.05, 3.63) is 35.0 Å². The summed E-state index contributed by atoms with van der Waals surface area (Å²) in [6.07, 6.45) is 2.49. The Morgan fingerprint density at radius 1 is 1.33 bits per heavy atom. The summed E-state index contributed by atoms with van der Waals surface area (Å²) in [5.74, 6) is 0.133. The summed E-state index contributed by atoms with van der Waals surface area (Å²) in [6.45, 7) is 1.41. The molecule has 1 amide bonds. The van der Waals surface area contributed by atoms with Gasteiger partial charge in [0.15, 0.2) is 5.13 Å². The minimum atomic E-state index is -0.177. The number of amides is 1. The van der Waals surface area contributed by atoms with E-state index in [4.69, 9.17) is 16.3 Å². The molecule has 0 aliphatic carbocycles. The van der Waals surface area contributed by atoms with Gasteiger partial charge in [0.05, 0.1) is 17.3 Å². The molecular formula is C18H22ClN5O2S. The van der Waals surface area contributed by atoms with Gasteiger partial charge in [0.2, 0.25) is 5.88 Å². The third-order valence-electron chi connectivity index (χ3n) is 4.02. The maximum Gasteiger partial charge on any atom is 0.267 e. The third-order valence-corrected chi connectivity index (χ3v) is 5.30. The van der Waals surface area contributed by atoms with Gasteiger partial charge in [-0.05, 0) is 45.3 Å². The number of carbonyl (C=O) groups excluding carboxylic acids is 1. The number of hydrogen-bond acceptors (Lipinski definition) is 6. The van der Waals surface area contributed by atoms with Crippen LogP contribution in [0, 0.1) is 0 Å². The minimum Gasteiger partial charge on any atom is -0.479 e. The predicted octanol–water partition coefficient (Wildman–Crippen LogP) is 3.29. The number of anilines is 1. The van der Waals surface area contributed by atoms with E-state index in [1.54, 1.807) is 28.9 Å². The highest BCUT2D eigenvalue weighted by Crippen LogP contribution is 2.32. The van der Waals surface area contributed by atoms with E-state index in [0.717, 1.165) is 23.2 Å². The average molecular weight is 408 g/mol. The van der Waals surface area contributed by atoms with Crippen LogP contribution < -0.4 is 9.64 Å². The van der Waals surface area contributed by atoms with Crippen LogP contribution in [0.25, 0.3) is 10.2 Å². The van der Waals surface area contributed by atoms with Crippen LogP contribution in [0.1, 0.15) is 16.8 Å². The van der Waals surface area contributed by atoms with Gasteiger partial charge in [0, 0.05) is 24.8 Å². The van der Waals surface area contributed by atoms with Crippen molar-refractivity contribution >= 4 is 44.2 Å². The second kappa shape index (κ2) is 8.24. The van der Waals surface area contributed by atoms with Crippen LogP contribution in [-0.2, 0) is 7.05 Å². The highest BCUT2D eigenvalue weighted by atomic mass is 35.5. The summed E-state index contributed by atoms with van der Waals surface area (Å²) in [7, 11) is 7.29. The monoisotopic (exact) mass is 407 g/mol. The molecule has 0 unspecified atom stereocenters. The van der Waals surface area contributed by atoms with E-state index in [-0.39, 0.29) is 5.91 Å². The number of rotatable bonds is 7. The van der Waals surface area contributed by atoms with Crippen LogP contribution >= 0.6 is 22.9 Å². The SMILES string of the molecule is COc1nn(C)cc1C(=O)N(CCCN(C)C)c1nc2ccc(Cl)cc2s1. The normalized spacial score (nSPS) is 11.3. The lowest BCUT2D eigenvalue weighted by atomic mass is 10.2. The van der Waals surface area contributed by atoms with Gasteiger partial charge in [-0.2, -0.15) is 0 Å². The predicted molar refractivity (Wildman–Crippen MR) is 109 cm³/mol. The van der Waals surface area contributed by atoms with Crippen LogP contribution in [0.15, 0.2) is 24.4 Å². The largest absolute Gasteiger partial charge is 0.479 e. The van der Waals surface area contributed by atoms with E-state index in [1.807, 2.05) is 26.2 Å². The zero-order valence-electron chi connectivity index (χ0n) is 15.8. The first-order valence-corrected chi connectivity index (χ1v) is 9.69. The number of fused-ring (bicyclic) bond motifs is 1. The van der Waals surface area contributed by atoms with Crippen LogP contribution in [0.5, 0.6) is 5.88 Å². The second-order valence-corrected chi connectivity index (χ2v) is 7.89. The van der Waals surface area contributed by atoms with Crippen LogP contribution in [0.4, 0.5) is 5.13 Å². The van der Waals surface area contributed by atoms with Crippen molar-refractivity contribution in [3.8, 4) is 5.88 Å². The molecule has 2 heterocycles. The Bertz CT molecular complexity index is 953. The summed E-state index contributed by atoms with van der Waals surface area (Å²) in [5.41, 5.74) is 1.24. The first kappa shape index (κ1) is 19.6. The van der Waals surface area contributed by atoms with Gasteiger partial charge in [-0.3, -0.25) is 14.4 Å². The molecule has 0 radical (unpaired) electrons. The van der Waals surface area contributed by atoms with Crippen LogP contribution in [0.2, 0.25) is 5.02 Å². The van der Waals surface area contributed by atoms with Gasteiger partial charge >= 0.3 is 0 Å². The average Bonchev–Trinajstić information content (AvgIpc) is 3.20. The molecule has 9 heteroatoms. The molecule has 0 aliphatic heterocycles. The lowest BCUT2D eigenvalue weighted by Crippen LogP contribution is -2.33. The number of benzene rings is 1. The lowest BCUT2D eigenvalue weighted by Gasteiger charge is -2.20. The molecule has 0 N–H and O–H groups in total. The summed E-state index contributed by atoms with van der Waals surface area (Å²) in [6, 6.07) is 5.53. The number of aryl methyl sites for hydroxylation is 1. The Balaban J connectivity index is 1.97. The standard InChI is InChI=1S/C18H22ClN5O2S/c1-22(2)8-5-9-24(17(25)13-11-23(3)21-16(13)26-4)18-20-14-7-6-12(19)10-15(14)27-18/h6-7,10-11H,5,8-9H2,1-4H3. The maximum atomic E-state index is 13.3. The van der Waals surface area contributed by atoms with Crippen molar-refractivity contribution in [2.75, 3.05) is 39.2 Å². The number of methoxy groups -OCH3 is 1. The van der Waals surface area contributed by atoms with Gasteiger partial charge in [-0.1, -0.05) is 22.9 Å². The number of aromatic nitrogens is 3. The number of nitrogens with zero attached hydrogens (tertiary/aromatic N) is 5. The first-order chi connectivity index (χ1) is 12.9. The van der Waals surface area contributed by atoms with Crippen molar-refractivity contribution in [2.24, 2.45) is 7.05 Å². The Morgan fingerprint density at radius 3 is 2.81 bits per heavy atom. The molecule has 27 heavy (non-hydrogen) atoms. The third kappa shape index (κ3) is 4.40. The summed E-state index contributed by atoms with van der Waals surface area (Å²) >= 11 is 7.54. The molecule has 1 aromatic carbocycles. The van der Waals surface area contributed by atoms with Crippen molar-refractivity contribution < 1.29 is 9.53 Å². The molecule has 3 rings (SSSR count). The molecule has 0 fully saturated rings. The molecule has 0 saturated heterocycles. The van der Waals surface area contributed by atoms with Crippen molar-refractivity contribution in [2.45, 2.75) is 6.42 Å². The summed E-state index contributed by atoms with van der Waals surface area (Å²) in [4.78, 5) is 21.7. The highest BCUT2D eigenvalue weighted by molar-refractivity contribution is 7.22. The maximum absolute atomic E-state index is 13.3. The Labute approximate surface area is 167 Å². The van der Waals surface area contributed by atoms with Crippen molar-refractivity contribution in [1.82, 2.24) is 19.7 Å². The van der Waals surface area contributed by atoms with E-state index in [9.17, 15) is 4.79 Å². The number of ether oxygens (including phenoxy) is 1. The molecule has 0 atom stereocenters. The molecule has 0 aliphatic rings. The van der Waals surface area contributed by atoms with E-state index in [1.165, 1.54) is 18.4 Å². The van der Waals surface area contributed by atoms with Crippen LogP contribution in [-0.4, -0.2) is 59.9 Å². The lowest BCUT2D eigenvalue weighted by molar-refractivity contribution is 0.0983. The quantitative estimate of drug-likeness (QED) is 0.601. The zero-order chi connectivity index (χ0) is 19.6. The molecule has 0 saturated carbocycles. The smallest absolute Gasteiger partial charge is 0.267 e. The van der Waals surface area contributed by atoms with Gasteiger partial charge in [-0.25, -0.2) is 4.98 Å². The van der Waals surface area contributed by atoms with Gasteiger partial charge in [-0.15, -0.1) is 5.10 Å². The molecule has 144 valence electrons. The topological polar surface area (TPSA) is 63.5 Å². The van der Waals surface area contributed by atoms with Gasteiger partial charge < -0.3 is 9.64 Å². The minimum absolute atomic E-state index is 0.177. The van der Waals surface area contributed by atoms with E-state index in [0.29, 0.717) is 28.1 Å².